The maximum Gasteiger partial charge on any atom is 0.152 e. The quantitative estimate of drug-likeness (QED) is 0.860. The Morgan fingerprint density at radius 2 is 1.86 bits per heavy atom. The first-order chi connectivity index (χ1) is 10.1. The minimum atomic E-state index is -0.885. The van der Waals surface area contributed by atoms with E-state index in [1.807, 2.05) is 18.2 Å². The van der Waals surface area contributed by atoms with Gasteiger partial charge >= 0.3 is 0 Å². The van der Waals surface area contributed by atoms with Gasteiger partial charge in [0, 0.05) is 6.54 Å². The van der Waals surface area contributed by atoms with E-state index < -0.39 is 17.7 Å². The van der Waals surface area contributed by atoms with Crippen LogP contribution in [-0.2, 0) is 0 Å². The molecule has 0 aromatic heterocycles. The van der Waals surface area contributed by atoms with E-state index in [4.69, 9.17) is 4.74 Å². The Labute approximate surface area is 122 Å². The summed E-state index contributed by atoms with van der Waals surface area (Å²) < 4.78 is 32.6. The number of aliphatic hydroxyl groups excluding tert-OH is 1. The van der Waals surface area contributed by atoms with E-state index in [2.05, 4.69) is 5.32 Å². The molecule has 0 saturated heterocycles. The predicted molar refractivity (Wildman–Crippen MR) is 77.5 cm³/mol. The summed E-state index contributed by atoms with van der Waals surface area (Å²) in [7, 11) is 0. The molecule has 5 heteroatoms. The lowest BCUT2D eigenvalue weighted by Gasteiger charge is -2.15. The first-order valence-corrected chi connectivity index (χ1v) is 6.62. The molecule has 0 aliphatic rings. The molecule has 0 spiro atoms. The Morgan fingerprint density at radius 1 is 1.14 bits per heavy atom. The number of halogens is 2. The first-order valence-electron chi connectivity index (χ1n) is 6.62. The average Bonchev–Trinajstić information content (AvgIpc) is 2.50. The number of para-hydroxylation sites is 1. The molecule has 2 aromatic carbocycles. The largest absolute Gasteiger partial charge is 0.491 e. The number of benzene rings is 2. The Kier molecular flexibility index (Phi) is 5.11. The van der Waals surface area contributed by atoms with E-state index in [0.29, 0.717) is 11.3 Å². The van der Waals surface area contributed by atoms with Crippen LogP contribution in [0.3, 0.4) is 0 Å². The molecular formula is C16H17F2NO2. The van der Waals surface area contributed by atoms with Crippen molar-refractivity contribution in [3.8, 4) is 5.75 Å². The standard InChI is InChI=1S/C16H17F2NO2/c1-11-7-8-14(17)16(15(11)18)19-9-12(20)10-21-13-5-3-2-4-6-13/h2-8,12,19-20H,9-10H2,1H3. The minimum Gasteiger partial charge on any atom is -0.491 e. The van der Waals surface area contributed by atoms with Gasteiger partial charge in [0.1, 0.15) is 30.0 Å². The molecule has 0 radical (unpaired) electrons. The van der Waals surface area contributed by atoms with Crippen molar-refractivity contribution in [2.75, 3.05) is 18.5 Å². The summed E-state index contributed by atoms with van der Waals surface area (Å²) in [6, 6.07) is 11.6. The Balaban J connectivity index is 1.87. The molecule has 0 aliphatic heterocycles. The van der Waals surface area contributed by atoms with Crippen LogP contribution >= 0.6 is 0 Å². The normalized spacial score (nSPS) is 12.0. The van der Waals surface area contributed by atoms with Crippen molar-refractivity contribution < 1.29 is 18.6 Å². The summed E-state index contributed by atoms with van der Waals surface area (Å²) in [6.07, 6.45) is -0.885. The average molecular weight is 293 g/mol. The van der Waals surface area contributed by atoms with Crippen LogP contribution in [0.5, 0.6) is 5.75 Å². The number of anilines is 1. The van der Waals surface area contributed by atoms with Crippen LogP contribution in [0.1, 0.15) is 5.56 Å². The van der Waals surface area contributed by atoms with Crippen molar-refractivity contribution in [3.05, 3.63) is 59.7 Å². The van der Waals surface area contributed by atoms with Crippen molar-refractivity contribution in [2.45, 2.75) is 13.0 Å². The molecule has 21 heavy (non-hydrogen) atoms. The van der Waals surface area contributed by atoms with Gasteiger partial charge in [-0.15, -0.1) is 0 Å². The zero-order valence-electron chi connectivity index (χ0n) is 11.6. The predicted octanol–water partition coefficient (Wildman–Crippen LogP) is 3.13. The first kappa shape index (κ1) is 15.3. The van der Waals surface area contributed by atoms with E-state index >= 15 is 0 Å². The second kappa shape index (κ2) is 7.04. The lowest BCUT2D eigenvalue weighted by atomic mass is 10.2. The molecule has 1 unspecified atom stereocenters. The third-order valence-corrected chi connectivity index (χ3v) is 2.98. The molecule has 3 nitrogen and oxygen atoms in total. The smallest absolute Gasteiger partial charge is 0.152 e. The summed E-state index contributed by atoms with van der Waals surface area (Å²) in [4.78, 5) is 0. The molecule has 0 aliphatic carbocycles. The van der Waals surface area contributed by atoms with Gasteiger partial charge in [0.2, 0.25) is 0 Å². The van der Waals surface area contributed by atoms with Gasteiger partial charge in [0.15, 0.2) is 5.82 Å². The Bertz CT molecular complexity index is 590. The lowest BCUT2D eigenvalue weighted by molar-refractivity contribution is 0.117. The number of nitrogens with one attached hydrogen (secondary N) is 1. The Hall–Kier alpha value is -2.14. The minimum absolute atomic E-state index is 0.00979. The van der Waals surface area contributed by atoms with Gasteiger partial charge in [0.05, 0.1) is 0 Å². The van der Waals surface area contributed by atoms with E-state index in [-0.39, 0.29) is 18.8 Å². The van der Waals surface area contributed by atoms with Crippen molar-refractivity contribution in [1.82, 2.24) is 0 Å². The molecule has 0 bridgehead atoms. The number of hydrogen-bond donors (Lipinski definition) is 2. The highest BCUT2D eigenvalue weighted by molar-refractivity contribution is 5.49. The molecule has 1 atom stereocenters. The van der Waals surface area contributed by atoms with E-state index in [9.17, 15) is 13.9 Å². The monoisotopic (exact) mass is 293 g/mol. The van der Waals surface area contributed by atoms with Gasteiger partial charge in [-0.25, -0.2) is 8.78 Å². The maximum atomic E-state index is 13.7. The summed E-state index contributed by atoms with van der Waals surface area (Å²) in [5, 5.41) is 12.4. The van der Waals surface area contributed by atoms with Crippen LogP contribution in [0.4, 0.5) is 14.5 Å². The molecule has 2 rings (SSSR count). The summed E-state index contributed by atoms with van der Waals surface area (Å²) >= 11 is 0. The molecule has 0 fully saturated rings. The van der Waals surface area contributed by atoms with Crippen molar-refractivity contribution in [3.63, 3.8) is 0 Å². The molecule has 2 aromatic rings. The van der Waals surface area contributed by atoms with E-state index in [1.54, 1.807) is 19.1 Å². The lowest BCUT2D eigenvalue weighted by Crippen LogP contribution is -2.27. The van der Waals surface area contributed by atoms with Crippen LogP contribution in [0.2, 0.25) is 0 Å². The summed E-state index contributed by atoms with van der Waals surface area (Å²) in [5.41, 5.74) is 0.114. The van der Waals surface area contributed by atoms with Crippen molar-refractivity contribution >= 4 is 5.69 Å². The summed E-state index contributed by atoms with van der Waals surface area (Å²) in [5.74, 6) is -0.704. The zero-order chi connectivity index (χ0) is 15.2. The fourth-order valence-corrected chi connectivity index (χ4v) is 1.81. The van der Waals surface area contributed by atoms with Gasteiger partial charge in [-0.1, -0.05) is 24.3 Å². The zero-order valence-corrected chi connectivity index (χ0v) is 11.6. The fraction of sp³-hybridized carbons (Fsp3) is 0.250. The maximum absolute atomic E-state index is 13.7. The highest BCUT2D eigenvalue weighted by Crippen LogP contribution is 2.21. The molecule has 0 amide bonds. The fourth-order valence-electron chi connectivity index (χ4n) is 1.81. The molecular weight excluding hydrogens is 276 g/mol. The second-order valence-corrected chi connectivity index (χ2v) is 4.71. The van der Waals surface area contributed by atoms with Crippen LogP contribution in [-0.4, -0.2) is 24.4 Å². The highest BCUT2D eigenvalue weighted by Gasteiger charge is 2.13. The van der Waals surface area contributed by atoms with E-state index in [0.717, 1.165) is 0 Å². The molecule has 112 valence electrons. The third-order valence-electron chi connectivity index (χ3n) is 2.98. The third kappa shape index (κ3) is 4.16. The Morgan fingerprint density at radius 3 is 2.57 bits per heavy atom. The number of aliphatic hydroxyl groups is 1. The summed E-state index contributed by atoms with van der Waals surface area (Å²) in [6.45, 7) is 1.57. The number of rotatable bonds is 6. The van der Waals surface area contributed by atoms with Crippen LogP contribution in [0.25, 0.3) is 0 Å². The van der Waals surface area contributed by atoms with Gasteiger partial charge < -0.3 is 15.2 Å². The number of aryl methyl sites for hydroxylation is 1. The number of hydrogen-bond acceptors (Lipinski definition) is 3. The number of ether oxygens (including phenoxy) is 1. The van der Waals surface area contributed by atoms with E-state index in [1.165, 1.54) is 12.1 Å². The SMILES string of the molecule is Cc1ccc(F)c(NCC(O)COc2ccccc2)c1F. The van der Waals surface area contributed by atoms with Gasteiger partial charge in [-0.3, -0.25) is 0 Å². The van der Waals surface area contributed by atoms with Crippen LogP contribution < -0.4 is 10.1 Å². The van der Waals surface area contributed by atoms with Gasteiger partial charge in [-0.2, -0.15) is 0 Å². The van der Waals surface area contributed by atoms with Crippen LogP contribution in [0.15, 0.2) is 42.5 Å². The van der Waals surface area contributed by atoms with Gasteiger partial charge in [-0.05, 0) is 30.7 Å². The topological polar surface area (TPSA) is 41.5 Å². The second-order valence-electron chi connectivity index (χ2n) is 4.71. The highest BCUT2D eigenvalue weighted by atomic mass is 19.1. The van der Waals surface area contributed by atoms with Crippen LogP contribution in [0, 0.1) is 18.6 Å². The molecule has 0 saturated carbocycles. The van der Waals surface area contributed by atoms with Crippen molar-refractivity contribution in [1.29, 1.82) is 0 Å². The van der Waals surface area contributed by atoms with Crippen molar-refractivity contribution in [2.24, 2.45) is 0 Å². The van der Waals surface area contributed by atoms with Gasteiger partial charge in [0.25, 0.3) is 0 Å². The molecule has 2 N–H and O–H groups in total. The molecule has 0 heterocycles.